The van der Waals surface area contributed by atoms with E-state index in [1.807, 2.05) is 0 Å². The molecular formula is C35H62O4. The molecule has 226 valence electrons. The van der Waals surface area contributed by atoms with Crippen LogP contribution in [-0.4, -0.2) is 45.3 Å². The van der Waals surface area contributed by atoms with Crippen molar-refractivity contribution in [1.82, 2.24) is 0 Å². The first-order chi connectivity index (χ1) is 18.2. The fourth-order valence-corrected chi connectivity index (χ4v) is 13.2. The van der Waals surface area contributed by atoms with Gasteiger partial charge >= 0.3 is 0 Å². The first kappa shape index (κ1) is 30.3. The zero-order valence-electron chi connectivity index (χ0n) is 26.4. The fourth-order valence-electron chi connectivity index (χ4n) is 13.2. The maximum absolute atomic E-state index is 10.4. The maximum atomic E-state index is 10.4. The van der Waals surface area contributed by atoms with Gasteiger partial charge in [0.05, 0.1) is 12.7 Å². The number of hydrogen-bond acceptors (Lipinski definition) is 4. The zero-order valence-corrected chi connectivity index (χ0v) is 26.4. The zero-order chi connectivity index (χ0) is 28.6. The Hall–Kier alpha value is -0.160. The van der Waals surface area contributed by atoms with Crippen LogP contribution in [0, 0.1) is 62.6 Å². The molecule has 4 heteroatoms. The van der Waals surface area contributed by atoms with E-state index in [2.05, 4.69) is 48.5 Å². The predicted octanol–water partition coefficient (Wildman–Crippen LogP) is 6.97. The van der Waals surface area contributed by atoms with Crippen LogP contribution in [-0.2, 0) is 0 Å². The molecule has 0 saturated heterocycles. The molecule has 0 radical (unpaired) electrons. The highest BCUT2D eigenvalue weighted by Gasteiger charge is 2.70. The third-order valence-electron chi connectivity index (χ3n) is 15.4. The molecule has 0 heterocycles. The summed E-state index contributed by atoms with van der Waals surface area (Å²) in [5.74, 6) is 4.50. The van der Waals surface area contributed by atoms with E-state index in [0.29, 0.717) is 45.3 Å². The van der Waals surface area contributed by atoms with Crippen molar-refractivity contribution < 1.29 is 20.4 Å². The van der Waals surface area contributed by atoms with Crippen LogP contribution in [0.2, 0.25) is 0 Å². The van der Waals surface area contributed by atoms with Gasteiger partial charge in [0.1, 0.15) is 12.2 Å². The maximum Gasteiger partial charge on any atom is 0.108 e. The summed E-state index contributed by atoms with van der Waals surface area (Å²) in [6.45, 7) is 17.9. The molecule has 5 rings (SSSR count). The molecule has 4 unspecified atom stereocenters. The molecule has 39 heavy (non-hydrogen) atoms. The van der Waals surface area contributed by atoms with E-state index in [9.17, 15) is 15.3 Å². The third-order valence-corrected chi connectivity index (χ3v) is 15.4. The highest BCUT2D eigenvalue weighted by Crippen LogP contribution is 2.78. The molecule has 5 saturated carbocycles. The monoisotopic (exact) mass is 546 g/mol. The summed E-state index contributed by atoms with van der Waals surface area (Å²) in [7, 11) is 0. The van der Waals surface area contributed by atoms with Gasteiger partial charge in [-0.25, -0.2) is 0 Å². The number of rotatable bonds is 7. The Bertz CT molecular complexity index is 888. The van der Waals surface area contributed by atoms with E-state index in [1.165, 1.54) is 70.6 Å². The summed E-state index contributed by atoms with van der Waals surface area (Å²) in [6.07, 6.45) is 13.2. The van der Waals surface area contributed by atoms with Gasteiger partial charge in [0.2, 0.25) is 0 Å². The van der Waals surface area contributed by atoms with Gasteiger partial charge in [-0.2, -0.15) is 0 Å². The van der Waals surface area contributed by atoms with Crippen molar-refractivity contribution in [3.8, 4) is 0 Å². The largest absolute Gasteiger partial charge is 0.394 e. The normalized spacial score (nSPS) is 50.1. The second-order valence-corrected chi connectivity index (χ2v) is 17.2. The van der Waals surface area contributed by atoms with Gasteiger partial charge in [-0.05, 0) is 140 Å². The van der Waals surface area contributed by atoms with Crippen molar-refractivity contribution in [1.29, 1.82) is 0 Å². The summed E-state index contributed by atoms with van der Waals surface area (Å²) in [4.78, 5) is 0. The van der Waals surface area contributed by atoms with E-state index in [4.69, 9.17) is 5.11 Å². The summed E-state index contributed by atoms with van der Waals surface area (Å²) in [5, 5.41) is 39.5. The average Bonchev–Trinajstić information content (AvgIpc) is 3.23. The van der Waals surface area contributed by atoms with Gasteiger partial charge in [0.25, 0.3) is 0 Å². The Labute approximate surface area is 239 Å². The van der Waals surface area contributed by atoms with E-state index in [0.717, 1.165) is 30.1 Å². The molecule has 5 fully saturated rings. The smallest absolute Gasteiger partial charge is 0.108 e. The molecule has 0 aliphatic heterocycles. The van der Waals surface area contributed by atoms with Crippen LogP contribution in [0.3, 0.4) is 0 Å². The number of hydrogen-bond donors (Lipinski definition) is 4. The van der Waals surface area contributed by atoms with E-state index in [-0.39, 0.29) is 0 Å². The van der Waals surface area contributed by atoms with Gasteiger partial charge in [0.15, 0.2) is 0 Å². The van der Waals surface area contributed by atoms with Crippen LogP contribution in [0.1, 0.15) is 132 Å². The van der Waals surface area contributed by atoms with Crippen molar-refractivity contribution in [3.63, 3.8) is 0 Å². The van der Waals surface area contributed by atoms with Crippen LogP contribution in [0.4, 0.5) is 0 Å². The Balaban J connectivity index is 1.33. The second-order valence-electron chi connectivity index (χ2n) is 17.2. The minimum absolute atomic E-state index is 0.411. The van der Waals surface area contributed by atoms with Gasteiger partial charge in [-0.3, -0.25) is 0 Å². The second kappa shape index (κ2) is 10.2. The molecule has 0 aromatic carbocycles. The van der Waals surface area contributed by atoms with Crippen molar-refractivity contribution in [2.24, 2.45) is 62.6 Å². The van der Waals surface area contributed by atoms with Crippen LogP contribution in [0.25, 0.3) is 0 Å². The SMILES string of the molecule is CC(CCC(O)C(O)C(O)CO)[C@H]1CC[C@]2(C)[C@H]3CC[C@@H]4[C@@]5(C)CCCC(C)(C)[C@@H]5CC[C@@]4(C)[C@]3(C)CC[C@@H]12. The summed E-state index contributed by atoms with van der Waals surface area (Å²) < 4.78 is 0. The Morgan fingerprint density at radius 2 is 1.26 bits per heavy atom. The molecule has 5 aliphatic rings. The van der Waals surface area contributed by atoms with Gasteiger partial charge in [-0.15, -0.1) is 0 Å². The molecule has 0 spiro atoms. The lowest BCUT2D eigenvalue weighted by atomic mass is 9.32. The lowest BCUT2D eigenvalue weighted by Gasteiger charge is -2.73. The van der Waals surface area contributed by atoms with E-state index in [1.54, 1.807) is 0 Å². The minimum atomic E-state index is -1.27. The quantitative estimate of drug-likeness (QED) is 0.278. The highest BCUT2D eigenvalue weighted by molar-refractivity contribution is 5.19. The van der Waals surface area contributed by atoms with Crippen LogP contribution < -0.4 is 0 Å². The van der Waals surface area contributed by atoms with Gasteiger partial charge < -0.3 is 20.4 Å². The topological polar surface area (TPSA) is 80.9 Å². The van der Waals surface area contributed by atoms with Crippen LogP contribution >= 0.6 is 0 Å². The Kier molecular flexibility index (Phi) is 7.95. The van der Waals surface area contributed by atoms with E-state index >= 15 is 0 Å². The molecule has 0 aromatic rings. The van der Waals surface area contributed by atoms with Crippen molar-refractivity contribution in [2.75, 3.05) is 6.61 Å². The predicted molar refractivity (Wildman–Crippen MR) is 158 cm³/mol. The average molecular weight is 547 g/mol. The van der Waals surface area contributed by atoms with Crippen molar-refractivity contribution >= 4 is 0 Å². The fraction of sp³-hybridized carbons (Fsp3) is 1.00. The standard InChI is InChI=1S/C35H62O4/c1-22(9-10-25(37)30(39)26(38)21-36)23-13-18-32(4)24(23)14-19-34(6)28(32)11-12-29-33(5)17-8-16-31(2,3)27(33)15-20-35(29,34)7/h22-30,36-39H,8-21H2,1-7H3/t22?,23-,24+,25?,26?,27+,28-,29-,30?,32+,33+,34-,35-/m1/s1. The van der Waals surface area contributed by atoms with Gasteiger partial charge in [0, 0.05) is 0 Å². The minimum Gasteiger partial charge on any atom is -0.394 e. The molecule has 0 aromatic heterocycles. The highest BCUT2D eigenvalue weighted by atomic mass is 16.4. The van der Waals surface area contributed by atoms with E-state index < -0.39 is 24.9 Å². The van der Waals surface area contributed by atoms with Gasteiger partial charge in [-0.1, -0.05) is 54.9 Å². The molecular weight excluding hydrogens is 484 g/mol. The third kappa shape index (κ3) is 4.42. The molecule has 4 nitrogen and oxygen atoms in total. The molecule has 0 amide bonds. The van der Waals surface area contributed by atoms with Crippen molar-refractivity contribution in [3.05, 3.63) is 0 Å². The van der Waals surface area contributed by atoms with Crippen LogP contribution in [0.15, 0.2) is 0 Å². The molecule has 5 aliphatic carbocycles. The molecule has 13 atom stereocenters. The Morgan fingerprint density at radius 1 is 0.641 bits per heavy atom. The van der Waals surface area contributed by atoms with Crippen LogP contribution in [0.5, 0.6) is 0 Å². The lowest BCUT2D eigenvalue weighted by Crippen LogP contribution is -2.65. The first-order valence-electron chi connectivity index (χ1n) is 16.8. The Morgan fingerprint density at radius 3 is 1.90 bits per heavy atom. The van der Waals surface area contributed by atoms with Crippen molar-refractivity contribution in [2.45, 2.75) is 150 Å². The summed E-state index contributed by atoms with van der Waals surface area (Å²) in [6, 6.07) is 0. The number of aliphatic hydroxyl groups is 4. The lowest BCUT2D eigenvalue weighted by molar-refractivity contribution is -0.241. The molecule has 0 bridgehead atoms. The molecule has 4 N–H and O–H groups in total. The first-order valence-corrected chi connectivity index (χ1v) is 16.8. The number of aliphatic hydroxyl groups excluding tert-OH is 4. The number of fused-ring (bicyclic) bond motifs is 7. The summed E-state index contributed by atoms with van der Waals surface area (Å²) in [5.41, 5.74) is 2.27. The summed E-state index contributed by atoms with van der Waals surface area (Å²) >= 11 is 0.